The fourth-order valence-corrected chi connectivity index (χ4v) is 2.92. The molecule has 1 aliphatic rings. The molecular weight excluding hydrogens is 307 g/mol. The third kappa shape index (κ3) is 3.50. The Kier molecular flexibility index (Phi) is 4.99. The number of carbonyl (C=O) groups is 1. The number of ether oxygens (including phenoxy) is 1. The van der Waals surface area contributed by atoms with Crippen molar-refractivity contribution in [3.8, 4) is 5.75 Å². The Morgan fingerprint density at radius 3 is 2.38 bits per heavy atom. The molecule has 24 heavy (non-hydrogen) atoms. The Morgan fingerprint density at radius 1 is 1.04 bits per heavy atom. The van der Waals surface area contributed by atoms with Gasteiger partial charge in [-0.3, -0.25) is 4.79 Å². The van der Waals surface area contributed by atoms with E-state index in [1.807, 2.05) is 36.1 Å². The molecule has 0 aliphatic carbocycles. The Balaban J connectivity index is 1.65. The van der Waals surface area contributed by atoms with Crippen LogP contribution in [-0.4, -0.2) is 43.6 Å². The third-order valence-electron chi connectivity index (χ3n) is 4.16. The van der Waals surface area contributed by atoms with Gasteiger partial charge in [0.1, 0.15) is 11.6 Å². The molecule has 0 N–H and O–H groups in total. The summed E-state index contributed by atoms with van der Waals surface area (Å²) in [5.41, 5.74) is 1.59. The molecule has 126 valence electrons. The first-order valence-corrected chi connectivity index (χ1v) is 8.20. The molecule has 0 aromatic heterocycles. The van der Waals surface area contributed by atoms with E-state index < -0.39 is 0 Å². The van der Waals surface area contributed by atoms with Crippen molar-refractivity contribution in [3.63, 3.8) is 0 Å². The third-order valence-corrected chi connectivity index (χ3v) is 4.16. The fraction of sp³-hybridized carbons (Fsp3) is 0.316. The van der Waals surface area contributed by atoms with Crippen LogP contribution < -0.4 is 9.64 Å². The zero-order valence-electron chi connectivity index (χ0n) is 13.7. The smallest absolute Gasteiger partial charge is 0.253 e. The van der Waals surface area contributed by atoms with Crippen LogP contribution in [0.4, 0.5) is 10.1 Å². The lowest BCUT2D eigenvalue weighted by Gasteiger charge is -2.36. The van der Waals surface area contributed by atoms with Gasteiger partial charge in [0.05, 0.1) is 12.3 Å². The van der Waals surface area contributed by atoms with Gasteiger partial charge < -0.3 is 14.5 Å². The van der Waals surface area contributed by atoms with Crippen LogP contribution in [0.5, 0.6) is 5.75 Å². The summed E-state index contributed by atoms with van der Waals surface area (Å²) in [4.78, 5) is 16.5. The van der Waals surface area contributed by atoms with Gasteiger partial charge in [-0.25, -0.2) is 4.39 Å². The minimum Gasteiger partial charge on any atom is -0.492 e. The lowest BCUT2D eigenvalue weighted by atomic mass is 10.1. The van der Waals surface area contributed by atoms with Gasteiger partial charge in [-0.1, -0.05) is 12.1 Å². The molecule has 0 spiro atoms. The summed E-state index contributed by atoms with van der Waals surface area (Å²) in [5, 5.41) is 0. The average Bonchev–Trinajstić information content (AvgIpc) is 2.63. The van der Waals surface area contributed by atoms with Gasteiger partial charge in [0.25, 0.3) is 5.91 Å². The second-order valence-corrected chi connectivity index (χ2v) is 5.69. The zero-order chi connectivity index (χ0) is 16.9. The molecule has 2 aromatic rings. The minimum absolute atomic E-state index is 0.0484. The van der Waals surface area contributed by atoms with Crippen molar-refractivity contribution in [1.29, 1.82) is 0 Å². The van der Waals surface area contributed by atoms with E-state index in [4.69, 9.17) is 4.74 Å². The maximum Gasteiger partial charge on any atom is 0.253 e. The highest BCUT2D eigenvalue weighted by molar-refractivity contribution is 5.94. The molecule has 2 aromatic carbocycles. The molecule has 0 unspecified atom stereocenters. The fourth-order valence-electron chi connectivity index (χ4n) is 2.92. The molecule has 4 nitrogen and oxygen atoms in total. The topological polar surface area (TPSA) is 32.8 Å². The highest BCUT2D eigenvalue weighted by atomic mass is 19.1. The van der Waals surface area contributed by atoms with Crippen molar-refractivity contribution in [2.45, 2.75) is 6.92 Å². The maximum absolute atomic E-state index is 13.0. The summed E-state index contributed by atoms with van der Waals surface area (Å²) >= 11 is 0. The molecule has 5 heteroatoms. The molecule has 1 amide bonds. The number of amides is 1. The highest BCUT2D eigenvalue weighted by Gasteiger charge is 2.23. The lowest BCUT2D eigenvalue weighted by Crippen LogP contribution is -2.48. The molecular formula is C19H21FN2O2. The molecule has 1 aliphatic heterocycles. The first kappa shape index (κ1) is 16.3. The first-order chi connectivity index (χ1) is 11.7. The van der Waals surface area contributed by atoms with Crippen LogP contribution in [0.15, 0.2) is 48.5 Å². The van der Waals surface area contributed by atoms with E-state index >= 15 is 0 Å². The molecule has 0 bridgehead atoms. The van der Waals surface area contributed by atoms with Crippen molar-refractivity contribution < 1.29 is 13.9 Å². The number of benzene rings is 2. The predicted octanol–water partition coefficient (Wildman–Crippen LogP) is 3.19. The number of hydrogen-bond donors (Lipinski definition) is 0. The standard InChI is InChI=1S/C19H21FN2O2/c1-2-24-18-6-4-3-5-17(18)21-11-13-22(14-12-21)19(23)15-7-9-16(20)10-8-15/h3-10H,2,11-14H2,1H3. The lowest BCUT2D eigenvalue weighted by molar-refractivity contribution is 0.0746. The SMILES string of the molecule is CCOc1ccccc1N1CCN(C(=O)c2ccc(F)cc2)CC1. The number of anilines is 1. The Hall–Kier alpha value is -2.56. The van der Waals surface area contributed by atoms with Crippen molar-refractivity contribution in [2.75, 3.05) is 37.7 Å². The van der Waals surface area contributed by atoms with Gasteiger partial charge in [0.2, 0.25) is 0 Å². The van der Waals surface area contributed by atoms with Crippen LogP contribution in [0.25, 0.3) is 0 Å². The number of nitrogens with zero attached hydrogens (tertiary/aromatic N) is 2. The van der Waals surface area contributed by atoms with Crippen LogP contribution >= 0.6 is 0 Å². The zero-order valence-corrected chi connectivity index (χ0v) is 13.7. The Labute approximate surface area is 141 Å². The van der Waals surface area contributed by atoms with Gasteiger partial charge in [-0.2, -0.15) is 0 Å². The molecule has 1 fully saturated rings. The van der Waals surface area contributed by atoms with E-state index in [0.717, 1.165) is 24.5 Å². The van der Waals surface area contributed by atoms with Crippen LogP contribution in [0.2, 0.25) is 0 Å². The monoisotopic (exact) mass is 328 g/mol. The van der Waals surface area contributed by atoms with Crippen molar-refractivity contribution >= 4 is 11.6 Å². The van der Waals surface area contributed by atoms with E-state index in [0.29, 0.717) is 25.3 Å². The van der Waals surface area contributed by atoms with Gasteiger partial charge >= 0.3 is 0 Å². The number of rotatable bonds is 4. The van der Waals surface area contributed by atoms with E-state index in [2.05, 4.69) is 4.90 Å². The number of piperazine rings is 1. The molecule has 1 saturated heterocycles. The summed E-state index contributed by atoms with van der Waals surface area (Å²) in [7, 11) is 0. The summed E-state index contributed by atoms with van der Waals surface area (Å²) in [5.74, 6) is 0.495. The molecule has 1 heterocycles. The second kappa shape index (κ2) is 7.34. The summed E-state index contributed by atoms with van der Waals surface area (Å²) < 4.78 is 18.7. The minimum atomic E-state index is -0.330. The van der Waals surface area contributed by atoms with Crippen LogP contribution in [-0.2, 0) is 0 Å². The van der Waals surface area contributed by atoms with E-state index in [1.165, 1.54) is 24.3 Å². The van der Waals surface area contributed by atoms with E-state index in [9.17, 15) is 9.18 Å². The van der Waals surface area contributed by atoms with Crippen LogP contribution in [0.3, 0.4) is 0 Å². The maximum atomic E-state index is 13.0. The van der Waals surface area contributed by atoms with Crippen LogP contribution in [0, 0.1) is 5.82 Å². The average molecular weight is 328 g/mol. The van der Waals surface area contributed by atoms with Gasteiger partial charge in [0.15, 0.2) is 0 Å². The molecule has 3 rings (SSSR count). The van der Waals surface area contributed by atoms with Gasteiger partial charge in [-0.05, 0) is 43.3 Å². The van der Waals surface area contributed by atoms with Crippen molar-refractivity contribution in [3.05, 3.63) is 59.9 Å². The molecule has 0 atom stereocenters. The number of hydrogen-bond acceptors (Lipinski definition) is 3. The van der Waals surface area contributed by atoms with Crippen molar-refractivity contribution in [1.82, 2.24) is 4.90 Å². The Bertz CT molecular complexity index is 695. The highest BCUT2D eigenvalue weighted by Crippen LogP contribution is 2.29. The van der Waals surface area contributed by atoms with Crippen molar-refractivity contribution in [2.24, 2.45) is 0 Å². The summed E-state index contributed by atoms with van der Waals surface area (Å²) in [6.45, 7) is 5.36. The second-order valence-electron chi connectivity index (χ2n) is 5.69. The van der Waals surface area contributed by atoms with Gasteiger partial charge in [0, 0.05) is 31.7 Å². The van der Waals surface area contributed by atoms with Gasteiger partial charge in [-0.15, -0.1) is 0 Å². The summed E-state index contributed by atoms with van der Waals surface area (Å²) in [6.07, 6.45) is 0. The molecule has 0 saturated carbocycles. The first-order valence-electron chi connectivity index (χ1n) is 8.20. The van der Waals surface area contributed by atoms with E-state index in [-0.39, 0.29) is 11.7 Å². The number of para-hydroxylation sites is 2. The normalized spacial score (nSPS) is 14.6. The van der Waals surface area contributed by atoms with E-state index in [1.54, 1.807) is 0 Å². The number of carbonyl (C=O) groups excluding carboxylic acids is 1. The quantitative estimate of drug-likeness (QED) is 0.864. The summed E-state index contributed by atoms with van der Waals surface area (Å²) in [6, 6.07) is 13.7. The predicted molar refractivity (Wildman–Crippen MR) is 92.1 cm³/mol. The Morgan fingerprint density at radius 2 is 1.71 bits per heavy atom. The number of halogens is 1. The molecule has 0 radical (unpaired) electrons. The van der Waals surface area contributed by atoms with Crippen LogP contribution in [0.1, 0.15) is 17.3 Å². The largest absolute Gasteiger partial charge is 0.492 e.